The van der Waals surface area contributed by atoms with Crippen LogP contribution in [-0.2, 0) is 6.42 Å². The summed E-state index contributed by atoms with van der Waals surface area (Å²) in [4.78, 5) is 0. The van der Waals surface area contributed by atoms with Gasteiger partial charge in [-0.25, -0.2) is 0 Å². The van der Waals surface area contributed by atoms with E-state index in [4.69, 9.17) is 0 Å². The fourth-order valence-corrected chi connectivity index (χ4v) is 2.59. The summed E-state index contributed by atoms with van der Waals surface area (Å²) in [6, 6.07) is 12.2. The predicted molar refractivity (Wildman–Crippen MR) is 69.5 cm³/mol. The molecular weight excluding hydrogens is 194 g/mol. The van der Waals surface area contributed by atoms with Crippen molar-refractivity contribution in [3.8, 4) is 0 Å². The highest BCUT2D eigenvalue weighted by molar-refractivity contribution is 5.16. The van der Waals surface area contributed by atoms with Crippen LogP contribution in [-0.4, -0.2) is 12.1 Å². The zero-order valence-corrected chi connectivity index (χ0v) is 10.4. The van der Waals surface area contributed by atoms with Crippen LogP contribution in [0.1, 0.15) is 38.7 Å². The monoisotopic (exact) mass is 217 g/mol. The molecular formula is C15H23N. The number of benzene rings is 1. The minimum atomic E-state index is 0.653. The minimum Gasteiger partial charge on any atom is -0.311 e. The van der Waals surface area contributed by atoms with Crippen molar-refractivity contribution in [2.75, 3.05) is 0 Å². The maximum atomic E-state index is 3.78. The third kappa shape index (κ3) is 3.08. The van der Waals surface area contributed by atoms with Crippen molar-refractivity contribution in [3.63, 3.8) is 0 Å². The zero-order valence-electron chi connectivity index (χ0n) is 10.4. The molecule has 16 heavy (non-hydrogen) atoms. The van der Waals surface area contributed by atoms with Gasteiger partial charge in [0, 0.05) is 12.1 Å². The third-order valence-corrected chi connectivity index (χ3v) is 3.66. The first-order valence-electron chi connectivity index (χ1n) is 6.58. The van der Waals surface area contributed by atoms with Crippen LogP contribution in [0, 0.1) is 5.92 Å². The van der Waals surface area contributed by atoms with Crippen molar-refractivity contribution < 1.29 is 0 Å². The standard InChI is InChI=1S/C15H23N/c1-3-14(16-15-9-12(2)10-15)11-13-7-5-4-6-8-13/h4-8,12,14-16H,3,9-11H2,1-2H3. The number of hydrogen-bond donors (Lipinski definition) is 1. The predicted octanol–water partition coefficient (Wildman–Crippen LogP) is 3.40. The summed E-state index contributed by atoms with van der Waals surface area (Å²) in [7, 11) is 0. The van der Waals surface area contributed by atoms with E-state index in [2.05, 4.69) is 49.5 Å². The van der Waals surface area contributed by atoms with E-state index >= 15 is 0 Å². The van der Waals surface area contributed by atoms with E-state index in [1.54, 1.807) is 0 Å². The van der Waals surface area contributed by atoms with E-state index in [0.29, 0.717) is 6.04 Å². The Labute approximate surface area is 99.3 Å². The quantitative estimate of drug-likeness (QED) is 0.797. The minimum absolute atomic E-state index is 0.653. The normalized spacial score (nSPS) is 26.1. The van der Waals surface area contributed by atoms with Crippen LogP contribution < -0.4 is 5.32 Å². The molecule has 1 aliphatic rings. The largest absolute Gasteiger partial charge is 0.311 e. The first-order valence-corrected chi connectivity index (χ1v) is 6.58. The van der Waals surface area contributed by atoms with Crippen LogP contribution in [0.3, 0.4) is 0 Å². The van der Waals surface area contributed by atoms with Gasteiger partial charge in [0.25, 0.3) is 0 Å². The third-order valence-electron chi connectivity index (χ3n) is 3.66. The molecule has 0 aromatic heterocycles. The summed E-state index contributed by atoms with van der Waals surface area (Å²) in [5.41, 5.74) is 1.45. The first kappa shape index (κ1) is 11.7. The van der Waals surface area contributed by atoms with E-state index in [-0.39, 0.29) is 0 Å². The van der Waals surface area contributed by atoms with Crippen LogP contribution in [0.5, 0.6) is 0 Å². The first-order chi connectivity index (χ1) is 7.78. The molecule has 1 heteroatoms. The van der Waals surface area contributed by atoms with Crippen molar-refractivity contribution >= 4 is 0 Å². The number of rotatable bonds is 5. The van der Waals surface area contributed by atoms with Crippen LogP contribution >= 0.6 is 0 Å². The van der Waals surface area contributed by atoms with Gasteiger partial charge in [-0.1, -0.05) is 44.2 Å². The summed E-state index contributed by atoms with van der Waals surface area (Å²) < 4.78 is 0. The Morgan fingerprint density at radius 1 is 1.25 bits per heavy atom. The highest BCUT2D eigenvalue weighted by Crippen LogP contribution is 2.27. The molecule has 1 fully saturated rings. The van der Waals surface area contributed by atoms with Gasteiger partial charge < -0.3 is 5.32 Å². The number of hydrogen-bond acceptors (Lipinski definition) is 1. The van der Waals surface area contributed by atoms with Crippen LogP contribution in [0.25, 0.3) is 0 Å². The highest BCUT2D eigenvalue weighted by Gasteiger charge is 2.26. The molecule has 1 aromatic carbocycles. The fraction of sp³-hybridized carbons (Fsp3) is 0.600. The molecule has 0 aliphatic heterocycles. The van der Waals surface area contributed by atoms with E-state index in [0.717, 1.165) is 12.0 Å². The van der Waals surface area contributed by atoms with Gasteiger partial charge in [-0.2, -0.15) is 0 Å². The molecule has 0 radical (unpaired) electrons. The molecule has 0 heterocycles. The topological polar surface area (TPSA) is 12.0 Å². The highest BCUT2D eigenvalue weighted by atomic mass is 15.0. The summed E-state index contributed by atoms with van der Waals surface area (Å²) in [6.45, 7) is 4.62. The van der Waals surface area contributed by atoms with Crippen molar-refractivity contribution in [1.29, 1.82) is 0 Å². The molecule has 1 N–H and O–H groups in total. The molecule has 0 amide bonds. The average molecular weight is 217 g/mol. The maximum Gasteiger partial charge on any atom is 0.0107 e. The van der Waals surface area contributed by atoms with Gasteiger partial charge >= 0.3 is 0 Å². The molecule has 0 bridgehead atoms. The van der Waals surface area contributed by atoms with Crippen molar-refractivity contribution in [3.05, 3.63) is 35.9 Å². The Kier molecular flexibility index (Phi) is 4.00. The second-order valence-electron chi connectivity index (χ2n) is 5.24. The molecule has 88 valence electrons. The average Bonchev–Trinajstić information content (AvgIpc) is 2.27. The van der Waals surface area contributed by atoms with Gasteiger partial charge in [-0.15, -0.1) is 0 Å². The van der Waals surface area contributed by atoms with Crippen LogP contribution in [0.15, 0.2) is 30.3 Å². The van der Waals surface area contributed by atoms with Gasteiger partial charge in [-0.3, -0.25) is 0 Å². The molecule has 1 unspecified atom stereocenters. The lowest BCUT2D eigenvalue weighted by Crippen LogP contribution is -2.46. The summed E-state index contributed by atoms with van der Waals surface area (Å²) in [5, 5.41) is 3.78. The molecule has 0 saturated heterocycles. The maximum absolute atomic E-state index is 3.78. The van der Waals surface area contributed by atoms with Crippen molar-refractivity contribution in [1.82, 2.24) is 5.32 Å². The van der Waals surface area contributed by atoms with E-state index in [9.17, 15) is 0 Å². The van der Waals surface area contributed by atoms with Gasteiger partial charge in [-0.05, 0) is 37.2 Å². The Hall–Kier alpha value is -0.820. The van der Waals surface area contributed by atoms with Gasteiger partial charge in [0.05, 0.1) is 0 Å². The molecule has 1 aliphatic carbocycles. The lowest BCUT2D eigenvalue weighted by Gasteiger charge is -2.36. The molecule has 1 aromatic rings. The molecule has 1 nitrogen and oxygen atoms in total. The SMILES string of the molecule is CCC(Cc1ccccc1)NC1CC(C)C1. The van der Waals surface area contributed by atoms with Gasteiger partial charge in [0.1, 0.15) is 0 Å². The zero-order chi connectivity index (χ0) is 11.4. The molecule has 0 spiro atoms. The van der Waals surface area contributed by atoms with Crippen molar-refractivity contribution in [2.24, 2.45) is 5.92 Å². The summed E-state index contributed by atoms with van der Waals surface area (Å²) in [5.74, 6) is 0.937. The fourth-order valence-electron chi connectivity index (χ4n) is 2.59. The lowest BCUT2D eigenvalue weighted by molar-refractivity contribution is 0.219. The smallest absolute Gasteiger partial charge is 0.0107 e. The van der Waals surface area contributed by atoms with E-state index < -0.39 is 0 Å². The molecule has 1 atom stereocenters. The van der Waals surface area contributed by atoms with Gasteiger partial charge in [0.2, 0.25) is 0 Å². The number of nitrogens with one attached hydrogen (secondary N) is 1. The van der Waals surface area contributed by atoms with E-state index in [1.165, 1.54) is 31.2 Å². The molecule has 2 rings (SSSR count). The lowest BCUT2D eigenvalue weighted by atomic mass is 9.81. The Balaban J connectivity index is 1.81. The Morgan fingerprint density at radius 3 is 2.50 bits per heavy atom. The Bertz CT molecular complexity index is 300. The van der Waals surface area contributed by atoms with Crippen LogP contribution in [0.4, 0.5) is 0 Å². The summed E-state index contributed by atoms with van der Waals surface area (Å²) in [6.07, 6.45) is 5.12. The van der Waals surface area contributed by atoms with Gasteiger partial charge in [0.15, 0.2) is 0 Å². The molecule has 1 saturated carbocycles. The van der Waals surface area contributed by atoms with Crippen molar-refractivity contribution in [2.45, 2.75) is 51.6 Å². The summed E-state index contributed by atoms with van der Waals surface area (Å²) >= 11 is 0. The van der Waals surface area contributed by atoms with Crippen LogP contribution in [0.2, 0.25) is 0 Å². The van der Waals surface area contributed by atoms with E-state index in [1.807, 2.05) is 0 Å². The second kappa shape index (κ2) is 5.49. The Morgan fingerprint density at radius 2 is 1.94 bits per heavy atom. The second-order valence-corrected chi connectivity index (χ2v) is 5.24.